The van der Waals surface area contributed by atoms with Gasteiger partial charge in [-0.3, -0.25) is 24.3 Å². The molecule has 1 heterocycles. The molecule has 0 saturated carbocycles. The Morgan fingerprint density at radius 1 is 1.11 bits per heavy atom. The van der Waals surface area contributed by atoms with E-state index in [1.54, 1.807) is 43.3 Å². The van der Waals surface area contributed by atoms with Gasteiger partial charge in [0.15, 0.2) is 6.61 Å². The summed E-state index contributed by atoms with van der Waals surface area (Å²) < 4.78 is 6.46. The van der Waals surface area contributed by atoms with Crippen LogP contribution in [0.4, 0.5) is 11.4 Å². The lowest BCUT2D eigenvalue weighted by molar-refractivity contribution is -0.384. The summed E-state index contributed by atoms with van der Waals surface area (Å²) in [5, 5.41) is 13.8. The Bertz CT molecular complexity index is 1530. The zero-order valence-electron chi connectivity index (χ0n) is 18.2. The number of nitrogens with one attached hydrogen (secondary N) is 1. The highest BCUT2D eigenvalue weighted by molar-refractivity contribution is 6.33. The van der Waals surface area contributed by atoms with Crippen molar-refractivity contribution in [2.45, 2.75) is 6.92 Å². The lowest BCUT2D eigenvalue weighted by Crippen LogP contribution is -2.22. The fourth-order valence-electron chi connectivity index (χ4n) is 3.42. The molecule has 176 valence electrons. The van der Waals surface area contributed by atoms with E-state index < -0.39 is 23.4 Å². The molecule has 35 heavy (non-hydrogen) atoms. The topological polar surface area (TPSA) is 133 Å². The molecule has 1 N–H and O–H groups in total. The van der Waals surface area contributed by atoms with Crippen LogP contribution in [0, 0.1) is 17.0 Å². The van der Waals surface area contributed by atoms with Gasteiger partial charge in [-0.2, -0.15) is 0 Å². The molecule has 0 radical (unpaired) electrons. The van der Waals surface area contributed by atoms with Crippen LogP contribution in [0.25, 0.3) is 16.6 Å². The number of aryl methyl sites for hydroxylation is 1. The number of rotatable bonds is 6. The van der Waals surface area contributed by atoms with Gasteiger partial charge in [-0.05, 0) is 49.4 Å². The number of hydrogen-bond acceptors (Lipinski definition) is 7. The number of halogens is 1. The molecule has 0 saturated heterocycles. The predicted molar refractivity (Wildman–Crippen MR) is 129 cm³/mol. The van der Waals surface area contributed by atoms with Crippen molar-refractivity contribution >= 4 is 45.8 Å². The van der Waals surface area contributed by atoms with E-state index in [4.69, 9.17) is 16.3 Å². The van der Waals surface area contributed by atoms with Gasteiger partial charge in [0, 0.05) is 12.1 Å². The third-order valence-corrected chi connectivity index (χ3v) is 5.40. The first-order valence-corrected chi connectivity index (χ1v) is 10.6. The van der Waals surface area contributed by atoms with Gasteiger partial charge in [0.2, 0.25) is 0 Å². The number of esters is 1. The quantitative estimate of drug-likeness (QED) is 0.244. The number of ether oxygens (including phenoxy) is 1. The second kappa shape index (κ2) is 9.74. The van der Waals surface area contributed by atoms with Crippen LogP contribution in [0.15, 0.2) is 71.5 Å². The lowest BCUT2D eigenvalue weighted by Gasteiger charge is -2.11. The summed E-state index contributed by atoms with van der Waals surface area (Å²) in [5.41, 5.74) is 0.805. The summed E-state index contributed by atoms with van der Waals surface area (Å²) in [7, 11) is 0. The van der Waals surface area contributed by atoms with Gasteiger partial charge in [0.25, 0.3) is 17.2 Å². The second-order valence-corrected chi connectivity index (χ2v) is 7.82. The molecule has 0 aliphatic heterocycles. The molecule has 4 rings (SSSR count). The summed E-state index contributed by atoms with van der Waals surface area (Å²) in [6, 6.07) is 16.7. The molecule has 0 aliphatic carbocycles. The van der Waals surface area contributed by atoms with Gasteiger partial charge in [-0.25, -0.2) is 9.78 Å². The summed E-state index contributed by atoms with van der Waals surface area (Å²) in [6.45, 7) is 1.08. The van der Waals surface area contributed by atoms with E-state index in [2.05, 4.69) is 10.3 Å². The number of aromatic nitrogens is 2. The second-order valence-electron chi connectivity index (χ2n) is 7.41. The van der Waals surface area contributed by atoms with E-state index in [1.165, 1.54) is 28.8 Å². The third kappa shape index (κ3) is 5.02. The van der Waals surface area contributed by atoms with Gasteiger partial charge in [0.05, 0.1) is 37.8 Å². The zero-order chi connectivity index (χ0) is 25.1. The van der Waals surface area contributed by atoms with Crippen molar-refractivity contribution in [3.05, 3.63) is 104 Å². The van der Waals surface area contributed by atoms with Crippen LogP contribution in [0.5, 0.6) is 0 Å². The van der Waals surface area contributed by atoms with Crippen LogP contribution < -0.4 is 10.9 Å². The minimum Gasteiger partial charge on any atom is -0.452 e. The molecule has 0 aliphatic rings. The number of amides is 1. The maximum Gasteiger partial charge on any atom is 0.338 e. The Hall–Kier alpha value is -4.57. The first kappa shape index (κ1) is 23.6. The number of hydrogen-bond donors (Lipinski definition) is 1. The molecular weight excluding hydrogens is 476 g/mol. The minimum absolute atomic E-state index is 0.0241. The largest absolute Gasteiger partial charge is 0.452 e. The minimum atomic E-state index is -0.766. The number of benzene rings is 3. The smallest absolute Gasteiger partial charge is 0.338 e. The summed E-state index contributed by atoms with van der Waals surface area (Å²) >= 11 is 5.95. The van der Waals surface area contributed by atoms with Crippen LogP contribution in [-0.4, -0.2) is 33.0 Å². The van der Waals surface area contributed by atoms with Crippen molar-refractivity contribution in [2.24, 2.45) is 0 Å². The van der Waals surface area contributed by atoms with E-state index in [1.807, 2.05) is 0 Å². The molecule has 0 atom stereocenters. The molecule has 0 unspecified atom stereocenters. The zero-order valence-corrected chi connectivity index (χ0v) is 19.0. The van der Waals surface area contributed by atoms with Crippen molar-refractivity contribution in [1.82, 2.24) is 9.55 Å². The van der Waals surface area contributed by atoms with Gasteiger partial charge in [-0.15, -0.1) is 0 Å². The van der Waals surface area contributed by atoms with Crippen LogP contribution >= 0.6 is 11.6 Å². The van der Waals surface area contributed by atoms with Crippen molar-refractivity contribution < 1.29 is 19.2 Å². The number of nitro benzene ring substituents is 1. The average Bonchev–Trinajstić information content (AvgIpc) is 2.84. The van der Waals surface area contributed by atoms with Crippen LogP contribution in [0.3, 0.4) is 0 Å². The molecule has 1 aromatic heterocycles. The maximum atomic E-state index is 12.9. The number of non-ortho nitro benzene ring substituents is 1. The standard InChI is InChI=1S/C24H17ClN4O6/c1-14-26-20-5-3-2-4-18(20)23(31)28(14)16-8-6-15(7-9-16)24(32)35-13-22(30)27-21-12-17(29(33)34)10-11-19(21)25/h2-12H,13H2,1H3,(H,27,30). The Morgan fingerprint density at radius 2 is 1.83 bits per heavy atom. The molecule has 0 bridgehead atoms. The normalized spacial score (nSPS) is 10.7. The number of anilines is 1. The monoisotopic (exact) mass is 492 g/mol. The van der Waals surface area contributed by atoms with Crippen molar-refractivity contribution in [3.63, 3.8) is 0 Å². The molecule has 11 heteroatoms. The number of fused-ring (bicyclic) bond motifs is 1. The van der Waals surface area contributed by atoms with Gasteiger partial charge in [-0.1, -0.05) is 23.7 Å². The first-order valence-electron chi connectivity index (χ1n) is 10.2. The SMILES string of the molecule is Cc1nc2ccccc2c(=O)n1-c1ccc(C(=O)OCC(=O)Nc2cc([N+](=O)[O-])ccc2Cl)cc1. The molecule has 0 spiro atoms. The molecular formula is C24H17ClN4O6. The van der Waals surface area contributed by atoms with Crippen LogP contribution in [-0.2, 0) is 9.53 Å². The van der Waals surface area contributed by atoms with Gasteiger partial charge in [0.1, 0.15) is 5.82 Å². The van der Waals surface area contributed by atoms with Gasteiger partial charge < -0.3 is 10.1 Å². The lowest BCUT2D eigenvalue weighted by atomic mass is 10.2. The summed E-state index contributed by atoms with van der Waals surface area (Å²) in [5.74, 6) is -1.00. The van der Waals surface area contributed by atoms with Gasteiger partial charge >= 0.3 is 5.97 Å². The fraction of sp³-hybridized carbons (Fsp3) is 0.0833. The molecule has 0 fully saturated rings. The molecule has 10 nitrogen and oxygen atoms in total. The Balaban J connectivity index is 1.44. The summed E-state index contributed by atoms with van der Waals surface area (Å²) in [4.78, 5) is 52.1. The Kier molecular flexibility index (Phi) is 6.56. The Labute approximate surface area is 202 Å². The predicted octanol–water partition coefficient (Wildman–Crippen LogP) is 4.05. The van der Waals surface area contributed by atoms with E-state index in [9.17, 15) is 24.5 Å². The number of para-hydroxylation sites is 1. The maximum absolute atomic E-state index is 12.9. The number of nitrogens with zero attached hydrogens (tertiary/aromatic N) is 3. The van der Waals surface area contributed by atoms with E-state index >= 15 is 0 Å². The number of carbonyl (C=O) groups excluding carboxylic acids is 2. The molecule has 4 aromatic rings. The number of carbonyl (C=O) groups is 2. The van der Waals surface area contributed by atoms with E-state index in [0.717, 1.165) is 6.07 Å². The van der Waals surface area contributed by atoms with Crippen LogP contribution in [0.1, 0.15) is 16.2 Å². The summed E-state index contributed by atoms with van der Waals surface area (Å²) in [6.07, 6.45) is 0. The van der Waals surface area contributed by atoms with Crippen LogP contribution in [0.2, 0.25) is 5.02 Å². The highest BCUT2D eigenvalue weighted by Gasteiger charge is 2.15. The van der Waals surface area contributed by atoms with Crippen molar-refractivity contribution in [3.8, 4) is 5.69 Å². The average molecular weight is 493 g/mol. The molecule has 3 aromatic carbocycles. The highest BCUT2D eigenvalue weighted by atomic mass is 35.5. The number of nitro groups is 1. The van der Waals surface area contributed by atoms with Crippen molar-refractivity contribution in [1.29, 1.82) is 0 Å². The first-order chi connectivity index (χ1) is 16.7. The van der Waals surface area contributed by atoms with E-state index in [-0.39, 0.29) is 27.5 Å². The highest BCUT2D eigenvalue weighted by Crippen LogP contribution is 2.26. The van der Waals surface area contributed by atoms with Crippen molar-refractivity contribution in [2.75, 3.05) is 11.9 Å². The fourth-order valence-corrected chi connectivity index (χ4v) is 3.58. The van der Waals surface area contributed by atoms with E-state index in [0.29, 0.717) is 22.4 Å². The third-order valence-electron chi connectivity index (χ3n) is 5.07. The Morgan fingerprint density at radius 3 is 2.54 bits per heavy atom. The molecule has 1 amide bonds.